The maximum Gasteiger partial charge on any atom is 0.287 e. The van der Waals surface area contributed by atoms with Gasteiger partial charge in [-0.1, -0.05) is 30.3 Å². The molecule has 1 aromatic carbocycles. The van der Waals surface area contributed by atoms with Gasteiger partial charge < -0.3 is 9.73 Å². The van der Waals surface area contributed by atoms with E-state index >= 15 is 0 Å². The Morgan fingerprint density at radius 2 is 2.00 bits per heavy atom. The zero-order valence-corrected chi connectivity index (χ0v) is 11.7. The molecule has 0 bridgehead atoms. The van der Waals surface area contributed by atoms with Crippen molar-refractivity contribution in [3.63, 3.8) is 0 Å². The highest BCUT2D eigenvalue weighted by molar-refractivity contribution is 7.98. The molecule has 0 aliphatic carbocycles. The summed E-state index contributed by atoms with van der Waals surface area (Å²) in [5.41, 5.74) is 1.31. The number of carbonyl (C=O) groups is 1. The Morgan fingerprint density at radius 3 is 2.68 bits per heavy atom. The Labute approximate surface area is 117 Å². The average Bonchev–Trinajstić information content (AvgIpc) is 2.86. The molecule has 0 aliphatic rings. The van der Waals surface area contributed by atoms with E-state index in [9.17, 15) is 4.79 Å². The minimum absolute atomic E-state index is 0.145. The Kier molecular flexibility index (Phi) is 5.10. The fraction of sp³-hybridized carbons (Fsp3) is 0.267. The third-order valence-corrected chi connectivity index (χ3v) is 3.64. The average molecular weight is 275 g/mol. The molecule has 1 amide bonds. The molecule has 4 heteroatoms. The van der Waals surface area contributed by atoms with E-state index in [4.69, 9.17) is 4.42 Å². The molecule has 0 fully saturated rings. The molecule has 0 saturated heterocycles. The smallest absolute Gasteiger partial charge is 0.287 e. The highest BCUT2D eigenvalue weighted by Crippen LogP contribution is 2.11. The lowest BCUT2D eigenvalue weighted by Gasteiger charge is -2.03. The van der Waals surface area contributed by atoms with Crippen LogP contribution < -0.4 is 5.32 Å². The van der Waals surface area contributed by atoms with Gasteiger partial charge in [0.1, 0.15) is 5.76 Å². The fourth-order valence-electron chi connectivity index (χ4n) is 1.64. The fourth-order valence-corrected chi connectivity index (χ4v) is 2.46. The predicted molar refractivity (Wildman–Crippen MR) is 78.4 cm³/mol. The highest BCUT2D eigenvalue weighted by atomic mass is 32.2. The number of aryl methyl sites for hydroxylation is 1. The van der Waals surface area contributed by atoms with Crippen molar-refractivity contribution in [2.75, 3.05) is 12.3 Å². The van der Waals surface area contributed by atoms with Crippen molar-refractivity contribution in [3.8, 4) is 0 Å². The van der Waals surface area contributed by atoms with E-state index in [0.29, 0.717) is 12.3 Å². The molecule has 1 N–H and O–H groups in total. The van der Waals surface area contributed by atoms with Crippen LogP contribution in [0, 0.1) is 6.92 Å². The van der Waals surface area contributed by atoms with Crippen LogP contribution in [0.25, 0.3) is 0 Å². The Morgan fingerprint density at radius 1 is 1.21 bits per heavy atom. The first-order valence-corrected chi connectivity index (χ1v) is 7.37. The number of rotatable bonds is 6. The van der Waals surface area contributed by atoms with E-state index in [0.717, 1.165) is 17.3 Å². The number of furan rings is 1. The molecular formula is C15H17NO2S. The second kappa shape index (κ2) is 7.04. The van der Waals surface area contributed by atoms with Crippen molar-refractivity contribution in [1.82, 2.24) is 5.32 Å². The van der Waals surface area contributed by atoms with Crippen LogP contribution in [0.4, 0.5) is 0 Å². The van der Waals surface area contributed by atoms with E-state index in [1.807, 2.05) is 25.1 Å². The molecule has 0 atom stereocenters. The van der Waals surface area contributed by atoms with Crippen molar-refractivity contribution >= 4 is 17.7 Å². The Bertz CT molecular complexity index is 522. The minimum atomic E-state index is -0.145. The maximum atomic E-state index is 11.7. The van der Waals surface area contributed by atoms with E-state index in [2.05, 4.69) is 17.4 Å². The van der Waals surface area contributed by atoms with Gasteiger partial charge in [-0.2, -0.15) is 11.8 Å². The van der Waals surface area contributed by atoms with Gasteiger partial charge in [0.2, 0.25) is 0 Å². The van der Waals surface area contributed by atoms with E-state index in [1.165, 1.54) is 5.56 Å². The number of benzene rings is 1. The monoisotopic (exact) mass is 275 g/mol. The Balaban J connectivity index is 1.63. The summed E-state index contributed by atoms with van der Waals surface area (Å²) in [4.78, 5) is 11.7. The van der Waals surface area contributed by atoms with Crippen molar-refractivity contribution < 1.29 is 9.21 Å². The third kappa shape index (κ3) is 4.48. The number of nitrogens with one attached hydrogen (secondary N) is 1. The molecule has 19 heavy (non-hydrogen) atoms. The molecule has 100 valence electrons. The minimum Gasteiger partial charge on any atom is -0.456 e. The first-order chi connectivity index (χ1) is 9.25. The number of hydrogen-bond acceptors (Lipinski definition) is 3. The lowest BCUT2D eigenvalue weighted by molar-refractivity contribution is 0.0927. The summed E-state index contributed by atoms with van der Waals surface area (Å²) in [6.07, 6.45) is 0. The van der Waals surface area contributed by atoms with Crippen LogP contribution in [-0.2, 0) is 5.75 Å². The number of hydrogen-bond donors (Lipinski definition) is 1. The SMILES string of the molecule is Cc1ccc(C(=O)NCCSCc2ccccc2)o1. The van der Waals surface area contributed by atoms with Crippen LogP contribution in [-0.4, -0.2) is 18.2 Å². The van der Waals surface area contributed by atoms with Crippen LogP contribution in [0.3, 0.4) is 0 Å². The van der Waals surface area contributed by atoms with Crippen molar-refractivity contribution in [2.45, 2.75) is 12.7 Å². The second-order valence-electron chi connectivity index (χ2n) is 4.20. The largest absolute Gasteiger partial charge is 0.456 e. The van der Waals surface area contributed by atoms with Crippen LogP contribution in [0.5, 0.6) is 0 Å². The topological polar surface area (TPSA) is 42.2 Å². The standard InChI is InChI=1S/C15H17NO2S/c1-12-7-8-14(18-12)15(17)16-9-10-19-11-13-5-3-2-4-6-13/h2-8H,9-11H2,1H3,(H,16,17). The van der Waals surface area contributed by atoms with Gasteiger partial charge in [0, 0.05) is 18.1 Å². The lowest BCUT2D eigenvalue weighted by atomic mass is 10.2. The molecule has 0 unspecified atom stereocenters. The molecule has 1 aromatic heterocycles. The highest BCUT2D eigenvalue weighted by Gasteiger charge is 2.08. The first-order valence-electron chi connectivity index (χ1n) is 6.22. The van der Waals surface area contributed by atoms with E-state index < -0.39 is 0 Å². The third-order valence-electron chi connectivity index (χ3n) is 2.61. The van der Waals surface area contributed by atoms with E-state index in [1.54, 1.807) is 23.9 Å². The molecule has 0 aliphatic heterocycles. The van der Waals surface area contributed by atoms with Gasteiger partial charge >= 0.3 is 0 Å². The molecule has 0 spiro atoms. The van der Waals surface area contributed by atoms with Gasteiger partial charge in [0.05, 0.1) is 0 Å². The van der Waals surface area contributed by atoms with E-state index in [-0.39, 0.29) is 5.91 Å². The molecule has 0 saturated carbocycles. The lowest BCUT2D eigenvalue weighted by Crippen LogP contribution is -2.25. The molecule has 2 rings (SSSR count). The van der Waals surface area contributed by atoms with Gasteiger partial charge in [0.25, 0.3) is 5.91 Å². The van der Waals surface area contributed by atoms with Crippen LogP contribution in [0.15, 0.2) is 46.9 Å². The van der Waals surface area contributed by atoms with Gasteiger partial charge in [-0.3, -0.25) is 4.79 Å². The van der Waals surface area contributed by atoms with Gasteiger partial charge in [0.15, 0.2) is 5.76 Å². The van der Waals surface area contributed by atoms with Crippen molar-refractivity contribution in [3.05, 3.63) is 59.5 Å². The molecular weight excluding hydrogens is 258 g/mol. The summed E-state index contributed by atoms with van der Waals surface area (Å²) >= 11 is 1.80. The summed E-state index contributed by atoms with van der Waals surface area (Å²) in [5, 5.41) is 2.85. The van der Waals surface area contributed by atoms with Gasteiger partial charge in [-0.15, -0.1) is 0 Å². The predicted octanol–water partition coefficient (Wildman–Crippen LogP) is 3.25. The zero-order valence-electron chi connectivity index (χ0n) is 10.9. The molecule has 1 heterocycles. The number of amides is 1. The summed E-state index contributed by atoms with van der Waals surface area (Å²) in [6, 6.07) is 13.8. The Hall–Kier alpha value is -1.68. The zero-order chi connectivity index (χ0) is 13.5. The quantitative estimate of drug-likeness (QED) is 0.823. The summed E-state index contributed by atoms with van der Waals surface area (Å²) in [5.74, 6) is 2.85. The molecule has 0 radical (unpaired) electrons. The molecule has 3 nitrogen and oxygen atoms in total. The maximum absolute atomic E-state index is 11.7. The summed E-state index contributed by atoms with van der Waals surface area (Å²) in [6.45, 7) is 2.47. The number of thioether (sulfide) groups is 1. The van der Waals surface area contributed by atoms with Crippen molar-refractivity contribution in [2.24, 2.45) is 0 Å². The summed E-state index contributed by atoms with van der Waals surface area (Å²) in [7, 11) is 0. The van der Waals surface area contributed by atoms with Crippen LogP contribution >= 0.6 is 11.8 Å². The normalized spacial score (nSPS) is 10.4. The summed E-state index contributed by atoms with van der Waals surface area (Å²) < 4.78 is 5.25. The van der Waals surface area contributed by atoms with Gasteiger partial charge in [-0.25, -0.2) is 0 Å². The van der Waals surface area contributed by atoms with Gasteiger partial charge in [-0.05, 0) is 24.6 Å². The van der Waals surface area contributed by atoms with Crippen LogP contribution in [0.1, 0.15) is 21.9 Å². The first kappa shape index (κ1) is 13.7. The number of carbonyl (C=O) groups excluding carboxylic acids is 1. The van der Waals surface area contributed by atoms with Crippen molar-refractivity contribution in [1.29, 1.82) is 0 Å². The second-order valence-corrected chi connectivity index (χ2v) is 5.31. The molecule has 2 aromatic rings. The van der Waals surface area contributed by atoms with Crippen LogP contribution in [0.2, 0.25) is 0 Å².